The number of carboxylic acid groups (broad SMARTS) is 1. The number of hydrogen-bond donors (Lipinski definition) is 1. The maximum Gasteiger partial charge on any atom is 0.331 e. The number of allylic oxidation sites excluding steroid dienone is 3. The van der Waals surface area contributed by atoms with E-state index in [1.165, 1.54) is 5.57 Å². The molecule has 0 rings (SSSR count). The molecule has 0 amide bonds. The van der Waals surface area contributed by atoms with Gasteiger partial charge in [-0.1, -0.05) is 17.2 Å². The van der Waals surface area contributed by atoms with Crippen molar-refractivity contribution in [1.29, 1.82) is 0 Å². The minimum atomic E-state index is -0.823. The van der Waals surface area contributed by atoms with Crippen LogP contribution < -0.4 is 0 Å². The van der Waals surface area contributed by atoms with Crippen LogP contribution in [-0.2, 0) is 4.79 Å². The van der Waals surface area contributed by atoms with Gasteiger partial charge in [-0.2, -0.15) is 0 Å². The third kappa shape index (κ3) is 3.37. The highest BCUT2D eigenvalue weighted by Gasteiger charge is 2.04. The van der Waals surface area contributed by atoms with Gasteiger partial charge in [0.1, 0.15) is 0 Å². The van der Waals surface area contributed by atoms with Crippen LogP contribution in [0.4, 0.5) is 0 Å². The summed E-state index contributed by atoms with van der Waals surface area (Å²) in [6.45, 7) is 7.45. The van der Waals surface area contributed by atoms with E-state index in [-0.39, 0.29) is 0 Å². The molecule has 0 aliphatic heterocycles. The summed E-state index contributed by atoms with van der Waals surface area (Å²) in [6, 6.07) is 0. The Kier molecular flexibility index (Phi) is 4.34. The second-order valence-electron chi connectivity index (χ2n) is 3.02. The molecule has 12 heavy (non-hydrogen) atoms. The molecule has 2 heteroatoms. The van der Waals surface area contributed by atoms with Gasteiger partial charge in [-0.15, -0.1) is 0 Å². The average Bonchev–Trinajstić information content (AvgIpc) is 2.02. The van der Waals surface area contributed by atoms with Crippen LogP contribution in [0, 0.1) is 0 Å². The van der Waals surface area contributed by atoms with E-state index in [9.17, 15) is 4.79 Å². The Hall–Kier alpha value is -1.05. The highest BCUT2D eigenvalue weighted by Crippen LogP contribution is 2.13. The molecule has 1 N–H and O–H groups in total. The van der Waals surface area contributed by atoms with Crippen molar-refractivity contribution in [2.75, 3.05) is 0 Å². The molecule has 0 atom stereocenters. The van der Waals surface area contributed by atoms with E-state index in [0.29, 0.717) is 5.57 Å². The lowest BCUT2D eigenvalue weighted by Crippen LogP contribution is -1.99. The van der Waals surface area contributed by atoms with Crippen LogP contribution in [0.25, 0.3) is 0 Å². The van der Waals surface area contributed by atoms with Gasteiger partial charge in [-0.3, -0.25) is 0 Å². The Morgan fingerprint density at radius 3 is 2.17 bits per heavy atom. The molecule has 0 saturated heterocycles. The molecule has 0 heterocycles. The third-order valence-electron chi connectivity index (χ3n) is 2.00. The van der Waals surface area contributed by atoms with Crippen LogP contribution in [0.3, 0.4) is 0 Å². The largest absolute Gasteiger partial charge is 0.478 e. The maximum atomic E-state index is 10.5. The van der Waals surface area contributed by atoms with Gasteiger partial charge in [0.2, 0.25) is 0 Å². The van der Waals surface area contributed by atoms with E-state index in [4.69, 9.17) is 5.11 Å². The van der Waals surface area contributed by atoms with Crippen LogP contribution in [0.15, 0.2) is 22.8 Å². The smallest absolute Gasteiger partial charge is 0.331 e. The van der Waals surface area contributed by atoms with Crippen molar-refractivity contribution in [3.05, 3.63) is 22.8 Å². The molecule has 0 aromatic carbocycles. The molecule has 0 aliphatic rings. The topological polar surface area (TPSA) is 37.3 Å². The molecule has 0 unspecified atom stereocenters. The molecule has 0 aliphatic carbocycles. The number of aliphatic carboxylic acids is 1. The van der Waals surface area contributed by atoms with Gasteiger partial charge in [0.05, 0.1) is 0 Å². The number of carboxylic acids is 1. The van der Waals surface area contributed by atoms with Gasteiger partial charge in [-0.05, 0) is 34.1 Å². The summed E-state index contributed by atoms with van der Waals surface area (Å²) in [4.78, 5) is 10.5. The fourth-order valence-corrected chi connectivity index (χ4v) is 0.835. The zero-order valence-electron chi connectivity index (χ0n) is 8.14. The number of carbonyl (C=O) groups is 1. The van der Waals surface area contributed by atoms with Crippen molar-refractivity contribution in [2.45, 2.75) is 34.1 Å². The summed E-state index contributed by atoms with van der Waals surface area (Å²) in [7, 11) is 0. The molecule has 2 nitrogen and oxygen atoms in total. The first kappa shape index (κ1) is 11.0. The lowest BCUT2D eigenvalue weighted by molar-refractivity contribution is -0.132. The van der Waals surface area contributed by atoms with E-state index in [1.54, 1.807) is 6.92 Å². The molecule has 0 aromatic rings. The lowest BCUT2D eigenvalue weighted by atomic mass is 10.0. The van der Waals surface area contributed by atoms with Gasteiger partial charge in [0.15, 0.2) is 0 Å². The number of hydrogen-bond acceptors (Lipinski definition) is 1. The Morgan fingerprint density at radius 2 is 1.83 bits per heavy atom. The Labute approximate surface area is 73.6 Å². The van der Waals surface area contributed by atoms with Gasteiger partial charge >= 0.3 is 5.97 Å². The van der Waals surface area contributed by atoms with Gasteiger partial charge < -0.3 is 5.11 Å². The fourth-order valence-electron chi connectivity index (χ4n) is 0.835. The number of rotatable bonds is 3. The van der Waals surface area contributed by atoms with Crippen molar-refractivity contribution in [2.24, 2.45) is 0 Å². The second-order valence-corrected chi connectivity index (χ2v) is 3.02. The molecule has 0 saturated carbocycles. The van der Waals surface area contributed by atoms with E-state index >= 15 is 0 Å². The maximum absolute atomic E-state index is 10.5. The van der Waals surface area contributed by atoms with E-state index in [2.05, 4.69) is 0 Å². The zero-order chi connectivity index (χ0) is 9.72. The van der Waals surface area contributed by atoms with Crippen molar-refractivity contribution < 1.29 is 9.90 Å². The molecular formula is C10H16O2. The first-order valence-electron chi connectivity index (χ1n) is 4.00. The SMILES string of the molecule is C/C=C(\C)C/C(C)=C(/C)C(=O)O. The Morgan fingerprint density at radius 1 is 1.33 bits per heavy atom. The minimum Gasteiger partial charge on any atom is -0.478 e. The standard InChI is InChI=1S/C10H16O2/c1-5-7(2)6-8(3)9(4)10(11)12/h5H,6H2,1-4H3,(H,11,12)/b7-5+,9-8-. The summed E-state index contributed by atoms with van der Waals surface area (Å²) in [5.41, 5.74) is 2.59. The summed E-state index contributed by atoms with van der Waals surface area (Å²) in [5, 5.41) is 8.66. The summed E-state index contributed by atoms with van der Waals surface area (Å²) < 4.78 is 0. The molecule has 0 fully saturated rings. The van der Waals surface area contributed by atoms with Crippen LogP contribution in [0.2, 0.25) is 0 Å². The van der Waals surface area contributed by atoms with E-state index in [0.717, 1.165) is 12.0 Å². The fraction of sp³-hybridized carbons (Fsp3) is 0.500. The molecule has 0 bridgehead atoms. The van der Waals surface area contributed by atoms with Crippen LogP contribution in [-0.4, -0.2) is 11.1 Å². The minimum absolute atomic E-state index is 0.455. The molecular weight excluding hydrogens is 152 g/mol. The van der Waals surface area contributed by atoms with E-state index in [1.807, 2.05) is 26.8 Å². The van der Waals surface area contributed by atoms with E-state index < -0.39 is 5.97 Å². The lowest BCUT2D eigenvalue weighted by Gasteiger charge is -2.03. The predicted octanol–water partition coefficient (Wildman–Crippen LogP) is 2.76. The summed E-state index contributed by atoms with van der Waals surface area (Å²) in [5.74, 6) is -0.823. The van der Waals surface area contributed by atoms with Gasteiger partial charge in [-0.25, -0.2) is 4.79 Å². The normalized spacial score (nSPS) is 14.2. The average molecular weight is 168 g/mol. The first-order chi connectivity index (χ1) is 5.49. The van der Waals surface area contributed by atoms with Gasteiger partial charge in [0.25, 0.3) is 0 Å². The van der Waals surface area contributed by atoms with Crippen molar-refractivity contribution in [3.8, 4) is 0 Å². The summed E-state index contributed by atoms with van der Waals surface area (Å²) >= 11 is 0. The third-order valence-corrected chi connectivity index (χ3v) is 2.00. The first-order valence-corrected chi connectivity index (χ1v) is 4.00. The van der Waals surface area contributed by atoms with Crippen LogP contribution in [0.1, 0.15) is 34.1 Å². The Balaban J connectivity index is 4.48. The van der Waals surface area contributed by atoms with Gasteiger partial charge in [0, 0.05) is 5.57 Å². The molecule has 0 aromatic heterocycles. The molecule has 68 valence electrons. The molecule has 0 radical (unpaired) electrons. The second kappa shape index (κ2) is 4.75. The van der Waals surface area contributed by atoms with Crippen molar-refractivity contribution in [1.82, 2.24) is 0 Å². The Bertz CT molecular complexity index is 234. The predicted molar refractivity (Wildman–Crippen MR) is 50.1 cm³/mol. The monoisotopic (exact) mass is 168 g/mol. The summed E-state index contributed by atoms with van der Waals surface area (Å²) in [6.07, 6.45) is 2.76. The highest BCUT2D eigenvalue weighted by atomic mass is 16.4. The quantitative estimate of drug-likeness (QED) is 0.519. The zero-order valence-corrected chi connectivity index (χ0v) is 8.14. The molecule has 0 spiro atoms. The highest BCUT2D eigenvalue weighted by molar-refractivity contribution is 5.86. The van der Waals surface area contributed by atoms with Crippen LogP contribution >= 0.6 is 0 Å². The van der Waals surface area contributed by atoms with Crippen molar-refractivity contribution in [3.63, 3.8) is 0 Å². The van der Waals surface area contributed by atoms with Crippen LogP contribution in [0.5, 0.6) is 0 Å². The van der Waals surface area contributed by atoms with Crippen molar-refractivity contribution >= 4 is 5.97 Å².